The van der Waals surface area contributed by atoms with Crippen LogP contribution in [0.5, 0.6) is 0 Å². The van der Waals surface area contributed by atoms with Gasteiger partial charge in [0.25, 0.3) is 0 Å². The molecule has 16 heavy (non-hydrogen) atoms. The lowest BCUT2D eigenvalue weighted by atomic mass is 10.2. The fraction of sp³-hybridized carbons (Fsp3) is 0.462. The lowest BCUT2D eigenvalue weighted by Crippen LogP contribution is -2.31. The van der Waals surface area contributed by atoms with Gasteiger partial charge in [0.15, 0.2) is 0 Å². The highest BCUT2D eigenvalue weighted by atomic mass is 16.6. The molecule has 1 heterocycles. The Bertz CT molecular complexity index is 390. The third kappa shape index (κ3) is 1.77. The molecule has 0 aromatic heterocycles. The summed E-state index contributed by atoms with van der Waals surface area (Å²) in [5.74, 6) is 0.768. The van der Waals surface area contributed by atoms with E-state index in [1.165, 1.54) is 6.42 Å². The largest absolute Gasteiger partial charge is 0.445 e. The number of likely N-dealkylation sites (tertiary alicyclic amines) is 1. The summed E-state index contributed by atoms with van der Waals surface area (Å²) < 4.78 is 5.30. The molecule has 0 bridgehead atoms. The molecule has 1 amide bonds. The van der Waals surface area contributed by atoms with E-state index in [1.807, 2.05) is 35.2 Å². The predicted molar refractivity (Wildman–Crippen MR) is 59.8 cm³/mol. The minimum Gasteiger partial charge on any atom is -0.445 e. The van der Waals surface area contributed by atoms with E-state index in [-0.39, 0.29) is 6.09 Å². The molecule has 1 aliphatic heterocycles. The highest BCUT2D eigenvalue weighted by Crippen LogP contribution is 2.44. The summed E-state index contributed by atoms with van der Waals surface area (Å²) in [5, 5.41) is 0. The number of hydrogen-bond donors (Lipinski definition) is 0. The van der Waals surface area contributed by atoms with Crippen LogP contribution in [-0.4, -0.2) is 23.6 Å². The number of carbonyl (C=O) groups is 1. The smallest absolute Gasteiger partial charge is 0.410 e. The summed E-state index contributed by atoms with van der Waals surface area (Å²) in [4.78, 5) is 13.6. The van der Waals surface area contributed by atoms with Gasteiger partial charge < -0.3 is 9.64 Å². The van der Waals surface area contributed by atoms with E-state index in [2.05, 4.69) is 0 Å². The molecule has 1 saturated heterocycles. The third-order valence-corrected chi connectivity index (χ3v) is 3.47. The molecule has 1 saturated carbocycles. The van der Waals surface area contributed by atoms with Gasteiger partial charge in [-0.2, -0.15) is 0 Å². The Hall–Kier alpha value is -1.51. The van der Waals surface area contributed by atoms with Gasteiger partial charge >= 0.3 is 6.09 Å². The maximum Gasteiger partial charge on any atom is 0.410 e. The van der Waals surface area contributed by atoms with E-state index < -0.39 is 0 Å². The second-order valence-electron chi connectivity index (χ2n) is 4.59. The molecule has 1 aliphatic carbocycles. The SMILES string of the molecule is O=C(OCc1ccccc1)N1CC[C@@H]2C[C@@H]21. The van der Waals surface area contributed by atoms with Crippen molar-refractivity contribution >= 4 is 6.09 Å². The van der Waals surface area contributed by atoms with Crippen LogP contribution in [0.25, 0.3) is 0 Å². The molecule has 3 nitrogen and oxygen atoms in total. The van der Waals surface area contributed by atoms with Crippen molar-refractivity contribution in [3.8, 4) is 0 Å². The molecular formula is C13H15NO2. The molecule has 0 radical (unpaired) electrons. The molecule has 0 unspecified atom stereocenters. The number of fused-ring (bicyclic) bond motifs is 1. The molecule has 84 valence electrons. The van der Waals surface area contributed by atoms with Crippen molar-refractivity contribution in [2.45, 2.75) is 25.5 Å². The number of piperidine rings is 1. The Kier molecular flexibility index (Phi) is 2.31. The van der Waals surface area contributed by atoms with Crippen molar-refractivity contribution < 1.29 is 9.53 Å². The van der Waals surface area contributed by atoms with Gasteiger partial charge in [-0.3, -0.25) is 0 Å². The molecule has 1 aromatic carbocycles. The van der Waals surface area contributed by atoms with Crippen molar-refractivity contribution in [3.63, 3.8) is 0 Å². The second-order valence-corrected chi connectivity index (χ2v) is 4.59. The van der Waals surface area contributed by atoms with Crippen LogP contribution < -0.4 is 0 Å². The molecule has 2 atom stereocenters. The van der Waals surface area contributed by atoms with Crippen LogP contribution in [0.3, 0.4) is 0 Å². The monoisotopic (exact) mass is 217 g/mol. The van der Waals surface area contributed by atoms with E-state index in [1.54, 1.807) is 0 Å². The number of benzene rings is 1. The highest BCUT2D eigenvalue weighted by molar-refractivity contribution is 5.69. The summed E-state index contributed by atoms with van der Waals surface area (Å²) in [6.45, 7) is 1.26. The first kappa shape index (κ1) is 9.70. The summed E-state index contributed by atoms with van der Waals surface area (Å²) >= 11 is 0. The summed E-state index contributed by atoms with van der Waals surface area (Å²) in [7, 11) is 0. The number of rotatable bonds is 2. The van der Waals surface area contributed by atoms with E-state index >= 15 is 0 Å². The zero-order valence-corrected chi connectivity index (χ0v) is 9.13. The maximum atomic E-state index is 11.8. The Balaban J connectivity index is 1.53. The van der Waals surface area contributed by atoms with E-state index in [9.17, 15) is 4.79 Å². The van der Waals surface area contributed by atoms with Gasteiger partial charge in [0.05, 0.1) is 0 Å². The fourth-order valence-electron chi connectivity index (χ4n) is 2.42. The molecule has 0 N–H and O–H groups in total. The minimum absolute atomic E-state index is 0.145. The summed E-state index contributed by atoms with van der Waals surface area (Å²) in [5.41, 5.74) is 1.04. The predicted octanol–water partition coefficient (Wildman–Crippen LogP) is 2.42. The van der Waals surface area contributed by atoms with Crippen LogP contribution in [0.15, 0.2) is 30.3 Å². The number of hydrogen-bond acceptors (Lipinski definition) is 2. The summed E-state index contributed by atoms with van der Waals surface area (Å²) in [6, 6.07) is 10.3. The maximum absolute atomic E-state index is 11.8. The second kappa shape index (κ2) is 3.81. The molecule has 3 rings (SSSR count). The van der Waals surface area contributed by atoms with Gasteiger partial charge in [-0.25, -0.2) is 4.79 Å². The fourth-order valence-corrected chi connectivity index (χ4v) is 2.42. The standard InChI is InChI=1S/C13H15NO2/c15-13(14-7-6-11-8-12(11)14)16-9-10-4-2-1-3-5-10/h1-5,11-12H,6-9H2/t11-,12+/m1/s1. The molecular weight excluding hydrogens is 202 g/mol. The Morgan fingerprint density at radius 2 is 2.19 bits per heavy atom. The lowest BCUT2D eigenvalue weighted by molar-refractivity contribution is 0.0990. The van der Waals surface area contributed by atoms with Gasteiger partial charge in [-0.15, -0.1) is 0 Å². The molecule has 3 heteroatoms. The van der Waals surface area contributed by atoms with Crippen LogP contribution in [-0.2, 0) is 11.3 Å². The van der Waals surface area contributed by atoms with Crippen LogP contribution in [0.4, 0.5) is 4.79 Å². The van der Waals surface area contributed by atoms with Crippen LogP contribution in [0.2, 0.25) is 0 Å². The Morgan fingerprint density at radius 1 is 1.38 bits per heavy atom. The van der Waals surface area contributed by atoms with E-state index in [4.69, 9.17) is 4.74 Å². The first-order chi connectivity index (χ1) is 7.84. The quantitative estimate of drug-likeness (QED) is 0.761. The van der Waals surface area contributed by atoms with Crippen LogP contribution in [0, 0.1) is 5.92 Å². The molecule has 2 aliphatic rings. The van der Waals surface area contributed by atoms with Crippen molar-refractivity contribution in [2.75, 3.05) is 6.54 Å². The van der Waals surface area contributed by atoms with Gasteiger partial charge in [-0.05, 0) is 24.3 Å². The number of carbonyl (C=O) groups excluding carboxylic acids is 1. The number of ether oxygens (including phenoxy) is 1. The first-order valence-electron chi connectivity index (χ1n) is 5.82. The number of nitrogens with zero attached hydrogens (tertiary/aromatic N) is 1. The van der Waals surface area contributed by atoms with Crippen molar-refractivity contribution in [2.24, 2.45) is 5.92 Å². The Labute approximate surface area is 95.0 Å². The van der Waals surface area contributed by atoms with Gasteiger partial charge in [0.1, 0.15) is 6.61 Å². The van der Waals surface area contributed by atoms with Gasteiger partial charge in [0.2, 0.25) is 0 Å². The average molecular weight is 217 g/mol. The Morgan fingerprint density at radius 3 is 2.81 bits per heavy atom. The summed E-state index contributed by atoms with van der Waals surface area (Å²) in [6.07, 6.45) is 2.19. The van der Waals surface area contributed by atoms with Crippen molar-refractivity contribution in [3.05, 3.63) is 35.9 Å². The number of amides is 1. The van der Waals surface area contributed by atoms with E-state index in [0.717, 1.165) is 24.4 Å². The van der Waals surface area contributed by atoms with Crippen LogP contribution >= 0.6 is 0 Å². The van der Waals surface area contributed by atoms with Gasteiger partial charge in [0, 0.05) is 12.6 Å². The average Bonchev–Trinajstić information content (AvgIpc) is 2.99. The van der Waals surface area contributed by atoms with Gasteiger partial charge in [-0.1, -0.05) is 30.3 Å². The normalized spacial score (nSPS) is 26.4. The molecule has 0 spiro atoms. The molecule has 1 aromatic rings. The van der Waals surface area contributed by atoms with Crippen molar-refractivity contribution in [1.82, 2.24) is 4.90 Å². The van der Waals surface area contributed by atoms with Crippen LogP contribution in [0.1, 0.15) is 18.4 Å². The first-order valence-corrected chi connectivity index (χ1v) is 5.82. The zero-order chi connectivity index (χ0) is 11.0. The lowest BCUT2D eigenvalue weighted by Gasteiger charge is -2.17. The third-order valence-electron chi connectivity index (χ3n) is 3.47. The highest BCUT2D eigenvalue weighted by Gasteiger charge is 2.49. The van der Waals surface area contributed by atoms with Crippen molar-refractivity contribution in [1.29, 1.82) is 0 Å². The topological polar surface area (TPSA) is 29.5 Å². The molecule has 2 fully saturated rings. The zero-order valence-electron chi connectivity index (χ0n) is 9.13. The minimum atomic E-state index is -0.145. The van der Waals surface area contributed by atoms with E-state index in [0.29, 0.717) is 12.6 Å².